The zero-order chi connectivity index (χ0) is 17.8. The minimum Gasteiger partial charge on any atom is -0.444 e. The highest BCUT2D eigenvalue weighted by atomic mass is 35.5. The lowest BCUT2D eigenvalue weighted by molar-refractivity contribution is 0.0529. The Bertz CT molecular complexity index is 664. The number of nitrogen functional groups attached to an aromatic ring is 1. The van der Waals surface area contributed by atoms with Crippen molar-refractivity contribution in [1.82, 2.24) is 10.0 Å². The third-order valence-corrected chi connectivity index (χ3v) is 4.76. The number of hydrogen-bond donors (Lipinski definition) is 3. The number of carbonyl (C=O) groups excluding carboxylic acids is 1. The Morgan fingerprint density at radius 2 is 1.74 bits per heavy atom. The number of carbonyl (C=O) groups is 1. The van der Waals surface area contributed by atoms with E-state index < -0.39 is 21.7 Å². The van der Waals surface area contributed by atoms with Crippen LogP contribution in [0.4, 0.5) is 10.5 Å². The predicted molar refractivity (Wildman–Crippen MR) is 90.3 cm³/mol. The van der Waals surface area contributed by atoms with E-state index in [-0.39, 0.29) is 33.7 Å². The van der Waals surface area contributed by atoms with Crippen LogP contribution >= 0.6 is 23.2 Å². The summed E-state index contributed by atoms with van der Waals surface area (Å²) in [5.74, 6) is 0. The van der Waals surface area contributed by atoms with Gasteiger partial charge >= 0.3 is 6.09 Å². The van der Waals surface area contributed by atoms with Crippen LogP contribution in [0.1, 0.15) is 20.8 Å². The minimum absolute atomic E-state index is 0.0400. The van der Waals surface area contributed by atoms with E-state index in [1.165, 1.54) is 12.1 Å². The molecule has 0 unspecified atom stereocenters. The molecule has 0 fully saturated rings. The fraction of sp³-hybridized carbons (Fsp3) is 0.462. The maximum atomic E-state index is 12.2. The third-order valence-electron chi connectivity index (χ3n) is 2.37. The Morgan fingerprint density at radius 1 is 1.22 bits per heavy atom. The number of anilines is 1. The molecule has 0 radical (unpaired) electrons. The summed E-state index contributed by atoms with van der Waals surface area (Å²) in [6, 6.07) is 2.59. The van der Waals surface area contributed by atoms with Gasteiger partial charge in [-0.3, -0.25) is 0 Å². The van der Waals surface area contributed by atoms with E-state index in [0.717, 1.165) is 0 Å². The molecule has 0 saturated heterocycles. The quantitative estimate of drug-likeness (QED) is 0.533. The fourth-order valence-electron chi connectivity index (χ4n) is 1.57. The van der Waals surface area contributed by atoms with E-state index in [2.05, 4.69) is 10.0 Å². The topological polar surface area (TPSA) is 111 Å². The molecular formula is C13H19Cl2N3O4S. The van der Waals surface area contributed by atoms with Crippen molar-refractivity contribution < 1.29 is 17.9 Å². The van der Waals surface area contributed by atoms with Gasteiger partial charge in [0, 0.05) is 18.8 Å². The van der Waals surface area contributed by atoms with Crippen molar-refractivity contribution in [2.24, 2.45) is 0 Å². The number of alkyl carbamates (subject to hydrolysis) is 1. The average molecular weight is 384 g/mol. The number of sulfonamides is 1. The van der Waals surface area contributed by atoms with E-state index in [0.29, 0.717) is 0 Å². The van der Waals surface area contributed by atoms with Gasteiger partial charge in [-0.1, -0.05) is 23.2 Å². The second kappa shape index (κ2) is 7.57. The van der Waals surface area contributed by atoms with E-state index in [9.17, 15) is 13.2 Å². The van der Waals surface area contributed by atoms with Crippen LogP contribution in [-0.2, 0) is 14.8 Å². The van der Waals surface area contributed by atoms with Crippen molar-refractivity contribution in [1.29, 1.82) is 0 Å². The highest BCUT2D eigenvalue weighted by Crippen LogP contribution is 2.31. The highest BCUT2D eigenvalue weighted by molar-refractivity contribution is 7.89. The van der Waals surface area contributed by atoms with Crippen LogP contribution in [0.5, 0.6) is 0 Å². The SMILES string of the molecule is CC(C)(C)OC(=O)NCCNS(=O)(=O)c1c(Cl)cc(N)cc1Cl. The molecule has 1 amide bonds. The highest BCUT2D eigenvalue weighted by Gasteiger charge is 2.22. The number of halogens is 2. The first-order valence-corrected chi connectivity index (χ1v) is 8.87. The van der Waals surface area contributed by atoms with Gasteiger partial charge in [0.05, 0.1) is 10.0 Å². The summed E-state index contributed by atoms with van der Waals surface area (Å²) in [7, 11) is -3.93. The monoisotopic (exact) mass is 383 g/mol. The standard InChI is InChI=1S/C13H19Cl2N3O4S/c1-13(2,3)22-12(19)17-4-5-18-23(20,21)11-9(14)6-8(16)7-10(11)15/h6-7,18H,4-5,16H2,1-3H3,(H,17,19). The summed E-state index contributed by atoms with van der Waals surface area (Å²) < 4.78 is 31.7. The van der Waals surface area contributed by atoms with Crippen molar-refractivity contribution >= 4 is 45.0 Å². The van der Waals surface area contributed by atoms with E-state index in [4.69, 9.17) is 33.7 Å². The average Bonchev–Trinajstić information content (AvgIpc) is 2.30. The van der Waals surface area contributed by atoms with E-state index >= 15 is 0 Å². The number of benzene rings is 1. The third kappa shape index (κ3) is 6.42. The van der Waals surface area contributed by atoms with Crippen LogP contribution in [-0.4, -0.2) is 33.2 Å². The predicted octanol–water partition coefficient (Wildman–Crippen LogP) is 2.38. The maximum absolute atomic E-state index is 12.2. The molecule has 0 aliphatic rings. The maximum Gasteiger partial charge on any atom is 0.407 e. The summed E-state index contributed by atoms with van der Waals surface area (Å²) in [5, 5.41) is 2.27. The second-order valence-electron chi connectivity index (χ2n) is 5.64. The molecule has 1 aromatic carbocycles. The molecule has 0 aliphatic carbocycles. The summed E-state index contributed by atoms with van der Waals surface area (Å²) >= 11 is 11.8. The molecule has 0 spiro atoms. The van der Waals surface area contributed by atoms with Crippen molar-refractivity contribution in [3.05, 3.63) is 22.2 Å². The number of ether oxygens (including phenoxy) is 1. The molecule has 0 aromatic heterocycles. The molecule has 1 aromatic rings. The fourth-order valence-corrected chi connectivity index (χ4v) is 3.83. The zero-order valence-electron chi connectivity index (χ0n) is 12.9. The first-order valence-electron chi connectivity index (χ1n) is 6.63. The molecule has 0 bridgehead atoms. The first kappa shape index (κ1) is 19.8. The lowest BCUT2D eigenvalue weighted by Crippen LogP contribution is -2.38. The van der Waals surface area contributed by atoms with Crippen molar-refractivity contribution in [3.8, 4) is 0 Å². The molecule has 23 heavy (non-hydrogen) atoms. The number of nitrogens with two attached hydrogens (primary N) is 1. The van der Waals surface area contributed by atoms with Crippen LogP contribution in [0.2, 0.25) is 10.0 Å². The van der Waals surface area contributed by atoms with Gasteiger partial charge in [0.25, 0.3) is 0 Å². The smallest absolute Gasteiger partial charge is 0.407 e. The van der Waals surface area contributed by atoms with Gasteiger partial charge in [-0.05, 0) is 32.9 Å². The van der Waals surface area contributed by atoms with Gasteiger partial charge in [-0.15, -0.1) is 0 Å². The van der Waals surface area contributed by atoms with Crippen molar-refractivity contribution in [2.75, 3.05) is 18.8 Å². The van der Waals surface area contributed by atoms with Gasteiger partial charge in [-0.2, -0.15) is 0 Å². The second-order valence-corrected chi connectivity index (χ2v) is 8.16. The van der Waals surface area contributed by atoms with Crippen molar-refractivity contribution in [2.45, 2.75) is 31.3 Å². The Morgan fingerprint density at radius 3 is 2.22 bits per heavy atom. The number of amides is 1. The van der Waals surface area contributed by atoms with Crippen LogP contribution in [0.3, 0.4) is 0 Å². The Labute approximate surface area is 145 Å². The Hall–Kier alpha value is -1.22. The largest absolute Gasteiger partial charge is 0.444 e. The van der Waals surface area contributed by atoms with Crippen LogP contribution < -0.4 is 15.8 Å². The van der Waals surface area contributed by atoms with Crippen LogP contribution in [0.25, 0.3) is 0 Å². The van der Waals surface area contributed by atoms with Crippen LogP contribution in [0.15, 0.2) is 17.0 Å². The summed E-state index contributed by atoms with van der Waals surface area (Å²) in [6.07, 6.45) is -0.639. The molecule has 7 nitrogen and oxygen atoms in total. The molecular weight excluding hydrogens is 365 g/mol. The van der Waals surface area contributed by atoms with Gasteiger partial charge in [0.1, 0.15) is 10.5 Å². The van der Waals surface area contributed by atoms with Gasteiger partial charge in [0.15, 0.2) is 0 Å². The lowest BCUT2D eigenvalue weighted by atomic mass is 10.2. The minimum atomic E-state index is -3.93. The van der Waals surface area contributed by atoms with Crippen LogP contribution in [0, 0.1) is 0 Å². The molecule has 130 valence electrons. The van der Waals surface area contributed by atoms with Gasteiger partial charge in [0.2, 0.25) is 10.0 Å². The molecule has 0 aliphatic heterocycles. The van der Waals surface area contributed by atoms with Gasteiger partial charge < -0.3 is 15.8 Å². The van der Waals surface area contributed by atoms with E-state index in [1.54, 1.807) is 20.8 Å². The Kier molecular flexibility index (Phi) is 6.52. The molecule has 0 atom stereocenters. The first-order chi connectivity index (χ1) is 10.4. The van der Waals surface area contributed by atoms with Gasteiger partial charge in [-0.25, -0.2) is 17.9 Å². The summed E-state index contributed by atoms with van der Waals surface area (Å²) in [6.45, 7) is 5.15. The van der Waals surface area contributed by atoms with E-state index in [1.807, 2.05) is 0 Å². The number of nitrogens with one attached hydrogen (secondary N) is 2. The summed E-state index contributed by atoms with van der Waals surface area (Å²) in [5.41, 5.74) is 5.16. The zero-order valence-corrected chi connectivity index (χ0v) is 15.3. The Balaban J connectivity index is 2.63. The summed E-state index contributed by atoms with van der Waals surface area (Å²) in [4.78, 5) is 11.2. The lowest BCUT2D eigenvalue weighted by Gasteiger charge is -2.19. The number of hydrogen-bond acceptors (Lipinski definition) is 5. The normalized spacial score (nSPS) is 12.0. The van der Waals surface area contributed by atoms with Crippen molar-refractivity contribution in [3.63, 3.8) is 0 Å². The number of rotatable bonds is 5. The molecule has 4 N–H and O–H groups in total. The molecule has 0 saturated carbocycles. The molecule has 10 heteroatoms. The molecule has 1 rings (SSSR count). The molecule has 0 heterocycles.